The Morgan fingerprint density at radius 1 is 1.35 bits per heavy atom. The van der Waals surface area contributed by atoms with Gasteiger partial charge in [0.1, 0.15) is 11.6 Å². The van der Waals surface area contributed by atoms with Crippen LogP contribution in [0.1, 0.15) is 23.2 Å². The number of amides is 1. The first-order valence-corrected chi connectivity index (χ1v) is 6.57. The first-order chi connectivity index (χ1) is 8.11. The minimum atomic E-state index is -0.720. The predicted octanol–water partition coefficient (Wildman–Crippen LogP) is 2.96. The number of rotatable bonds is 2. The fourth-order valence-electron chi connectivity index (χ4n) is 2.11. The number of carbonyl (C=O) groups is 1. The number of halogens is 3. The van der Waals surface area contributed by atoms with Gasteiger partial charge in [-0.25, -0.2) is 8.78 Å². The van der Waals surface area contributed by atoms with Crippen molar-refractivity contribution < 1.29 is 13.6 Å². The lowest BCUT2D eigenvalue weighted by Crippen LogP contribution is -2.36. The number of hydrogen-bond donors (Lipinski definition) is 0. The van der Waals surface area contributed by atoms with Crippen LogP contribution in [0.4, 0.5) is 8.78 Å². The maximum atomic E-state index is 13.0. The summed E-state index contributed by atoms with van der Waals surface area (Å²) in [5.41, 5.74) is 0.0790. The third kappa shape index (κ3) is 2.65. The van der Waals surface area contributed by atoms with Gasteiger partial charge in [-0.2, -0.15) is 0 Å². The average Bonchev–Trinajstić information content (AvgIpc) is 2.74. The van der Waals surface area contributed by atoms with Crippen molar-refractivity contribution >= 4 is 21.8 Å². The van der Waals surface area contributed by atoms with E-state index in [0.717, 1.165) is 31.0 Å². The summed E-state index contributed by atoms with van der Waals surface area (Å²) < 4.78 is 26.1. The Hall–Kier alpha value is -0.970. The molecule has 1 fully saturated rings. The number of carbonyl (C=O) groups excluding carboxylic acids is 1. The number of alkyl halides is 1. The first-order valence-electron chi connectivity index (χ1n) is 5.45. The highest BCUT2D eigenvalue weighted by atomic mass is 79.9. The van der Waals surface area contributed by atoms with E-state index in [1.165, 1.54) is 0 Å². The topological polar surface area (TPSA) is 20.3 Å². The third-order valence-electron chi connectivity index (χ3n) is 2.93. The molecule has 1 aliphatic heterocycles. The SMILES string of the molecule is O=C(c1cc(F)cc(F)c1)N1CCCC1CBr. The Labute approximate surface area is 107 Å². The van der Waals surface area contributed by atoms with Gasteiger partial charge in [0, 0.05) is 29.5 Å². The summed E-state index contributed by atoms with van der Waals surface area (Å²) >= 11 is 3.34. The molecule has 2 nitrogen and oxygen atoms in total. The zero-order chi connectivity index (χ0) is 12.4. The van der Waals surface area contributed by atoms with Crippen molar-refractivity contribution in [3.05, 3.63) is 35.4 Å². The molecule has 5 heteroatoms. The second kappa shape index (κ2) is 5.12. The van der Waals surface area contributed by atoms with Gasteiger partial charge in [-0.1, -0.05) is 15.9 Å². The Morgan fingerprint density at radius 3 is 2.59 bits per heavy atom. The van der Waals surface area contributed by atoms with E-state index in [-0.39, 0.29) is 17.5 Å². The van der Waals surface area contributed by atoms with Gasteiger partial charge in [0.2, 0.25) is 0 Å². The van der Waals surface area contributed by atoms with E-state index in [2.05, 4.69) is 15.9 Å². The van der Waals surface area contributed by atoms with Crippen LogP contribution in [0.2, 0.25) is 0 Å². The van der Waals surface area contributed by atoms with Crippen molar-refractivity contribution in [2.45, 2.75) is 18.9 Å². The van der Waals surface area contributed by atoms with Gasteiger partial charge in [-0.05, 0) is 25.0 Å². The molecular formula is C12H12BrF2NO. The summed E-state index contributed by atoms with van der Waals surface area (Å²) in [6, 6.07) is 3.04. The summed E-state index contributed by atoms with van der Waals surface area (Å²) in [7, 11) is 0. The zero-order valence-electron chi connectivity index (χ0n) is 9.13. The molecule has 0 saturated carbocycles. The molecule has 1 aromatic rings. The molecule has 92 valence electrons. The van der Waals surface area contributed by atoms with Gasteiger partial charge in [0.25, 0.3) is 5.91 Å². The van der Waals surface area contributed by atoms with Crippen LogP contribution < -0.4 is 0 Å². The normalized spacial score (nSPS) is 19.7. The highest BCUT2D eigenvalue weighted by Crippen LogP contribution is 2.22. The molecule has 0 N–H and O–H groups in total. The summed E-state index contributed by atoms with van der Waals surface area (Å²) in [6.45, 7) is 0.646. The molecule has 2 rings (SSSR count). The third-order valence-corrected chi connectivity index (χ3v) is 3.67. The molecule has 0 radical (unpaired) electrons. The lowest BCUT2D eigenvalue weighted by Gasteiger charge is -2.23. The Bertz CT molecular complexity index is 418. The van der Waals surface area contributed by atoms with Gasteiger partial charge in [-0.15, -0.1) is 0 Å². The van der Waals surface area contributed by atoms with Crippen LogP contribution in [0.5, 0.6) is 0 Å². The van der Waals surface area contributed by atoms with Crippen molar-refractivity contribution in [2.75, 3.05) is 11.9 Å². The van der Waals surface area contributed by atoms with E-state index in [9.17, 15) is 13.6 Å². The molecule has 17 heavy (non-hydrogen) atoms. The van der Waals surface area contributed by atoms with E-state index in [1.54, 1.807) is 4.90 Å². The number of nitrogens with zero attached hydrogens (tertiary/aromatic N) is 1. The summed E-state index contributed by atoms with van der Waals surface area (Å²) in [6.07, 6.45) is 1.86. The Kier molecular flexibility index (Phi) is 3.76. The fourth-order valence-corrected chi connectivity index (χ4v) is 2.78. The smallest absolute Gasteiger partial charge is 0.254 e. The molecule has 1 aromatic carbocycles. The van der Waals surface area contributed by atoms with E-state index < -0.39 is 11.6 Å². The predicted molar refractivity (Wildman–Crippen MR) is 64.2 cm³/mol. The maximum absolute atomic E-state index is 13.0. The maximum Gasteiger partial charge on any atom is 0.254 e. The molecule has 0 bridgehead atoms. The molecule has 0 aliphatic carbocycles. The molecule has 1 unspecified atom stereocenters. The zero-order valence-corrected chi connectivity index (χ0v) is 10.7. The van der Waals surface area contributed by atoms with Gasteiger partial charge in [0.15, 0.2) is 0 Å². The van der Waals surface area contributed by atoms with Gasteiger partial charge < -0.3 is 4.90 Å². The highest BCUT2D eigenvalue weighted by Gasteiger charge is 2.28. The lowest BCUT2D eigenvalue weighted by molar-refractivity contribution is 0.0749. The van der Waals surface area contributed by atoms with Gasteiger partial charge in [0.05, 0.1) is 0 Å². The van der Waals surface area contributed by atoms with E-state index in [4.69, 9.17) is 0 Å². The summed E-state index contributed by atoms with van der Waals surface area (Å²) in [4.78, 5) is 13.8. The van der Waals surface area contributed by atoms with Crippen LogP contribution in [0.3, 0.4) is 0 Å². The second-order valence-electron chi connectivity index (χ2n) is 4.11. The highest BCUT2D eigenvalue weighted by molar-refractivity contribution is 9.09. The Morgan fingerprint density at radius 2 is 2.00 bits per heavy atom. The lowest BCUT2D eigenvalue weighted by atomic mass is 10.1. The number of benzene rings is 1. The summed E-state index contributed by atoms with van der Waals surface area (Å²) in [5.74, 6) is -1.74. The first kappa shape index (κ1) is 12.5. The van der Waals surface area contributed by atoms with Crippen molar-refractivity contribution in [3.8, 4) is 0 Å². The van der Waals surface area contributed by atoms with Crippen molar-refractivity contribution in [1.29, 1.82) is 0 Å². The molecule has 1 saturated heterocycles. The second-order valence-corrected chi connectivity index (χ2v) is 4.75. The summed E-state index contributed by atoms with van der Waals surface area (Å²) in [5, 5.41) is 0.691. The fraction of sp³-hybridized carbons (Fsp3) is 0.417. The van der Waals surface area contributed by atoms with Crippen LogP contribution in [0, 0.1) is 11.6 Å². The molecule has 0 spiro atoms. The minimum Gasteiger partial charge on any atom is -0.335 e. The van der Waals surface area contributed by atoms with Crippen LogP contribution in [0.25, 0.3) is 0 Å². The minimum absolute atomic E-state index is 0.0790. The van der Waals surface area contributed by atoms with Gasteiger partial charge >= 0.3 is 0 Å². The standard InChI is InChI=1S/C12H12BrF2NO/c13-7-11-2-1-3-16(11)12(17)8-4-9(14)6-10(15)5-8/h4-6,11H,1-3,7H2. The van der Waals surface area contributed by atoms with Crippen molar-refractivity contribution in [1.82, 2.24) is 4.90 Å². The number of hydrogen-bond acceptors (Lipinski definition) is 1. The van der Waals surface area contributed by atoms with Crippen LogP contribution in [-0.2, 0) is 0 Å². The molecular weight excluding hydrogens is 292 g/mol. The Balaban J connectivity index is 2.24. The average molecular weight is 304 g/mol. The van der Waals surface area contributed by atoms with Gasteiger partial charge in [-0.3, -0.25) is 4.79 Å². The monoisotopic (exact) mass is 303 g/mol. The van der Waals surface area contributed by atoms with Crippen molar-refractivity contribution in [3.63, 3.8) is 0 Å². The van der Waals surface area contributed by atoms with E-state index >= 15 is 0 Å². The molecule has 1 aliphatic rings. The van der Waals surface area contributed by atoms with E-state index in [1.807, 2.05) is 0 Å². The van der Waals surface area contributed by atoms with E-state index in [0.29, 0.717) is 11.9 Å². The molecule has 1 heterocycles. The molecule has 1 amide bonds. The molecule has 0 aromatic heterocycles. The quantitative estimate of drug-likeness (QED) is 0.769. The van der Waals surface area contributed by atoms with Crippen LogP contribution in [0.15, 0.2) is 18.2 Å². The van der Waals surface area contributed by atoms with Crippen LogP contribution in [-0.4, -0.2) is 28.7 Å². The molecule has 1 atom stereocenters. The van der Waals surface area contributed by atoms with Crippen LogP contribution >= 0.6 is 15.9 Å². The largest absolute Gasteiger partial charge is 0.335 e. The number of likely N-dealkylation sites (tertiary alicyclic amines) is 1. The van der Waals surface area contributed by atoms with Crippen molar-refractivity contribution in [2.24, 2.45) is 0 Å².